The van der Waals surface area contributed by atoms with Gasteiger partial charge in [-0.05, 0) is 35.0 Å². The first-order valence-corrected chi connectivity index (χ1v) is 5.90. The van der Waals surface area contributed by atoms with Crippen molar-refractivity contribution in [2.24, 2.45) is 0 Å². The van der Waals surface area contributed by atoms with Crippen LogP contribution in [0.15, 0.2) is 29.6 Å². The third kappa shape index (κ3) is 3.74. The van der Waals surface area contributed by atoms with Crippen LogP contribution >= 0.6 is 11.3 Å². The second-order valence-electron chi connectivity index (χ2n) is 3.66. The molecule has 0 bridgehead atoms. The number of benzene rings is 1. The van der Waals surface area contributed by atoms with Crippen LogP contribution < -0.4 is 0 Å². The Morgan fingerprint density at radius 1 is 1.17 bits per heavy atom. The van der Waals surface area contributed by atoms with Gasteiger partial charge in [0.2, 0.25) is 0 Å². The Labute approximate surface area is 108 Å². The second kappa shape index (κ2) is 6.02. The molecule has 18 heavy (non-hydrogen) atoms. The number of fused-ring (bicyclic) bond motifs is 1. The van der Waals surface area contributed by atoms with Crippen LogP contribution in [0.3, 0.4) is 0 Å². The molecule has 0 fully saturated rings. The van der Waals surface area contributed by atoms with Gasteiger partial charge in [-0.25, -0.2) is 9.59 Å². The molecule has 2 rings (SSSR count). The van der Waals surface area contributed by atoms with Gasteiger partial charge in [0.1, 0.15) is 0 Å². The van der Waals surface area contributed by atoms with Gasteiger partial charge in [-0.15, -0.1) is 11.3 Å². The summed E-state index contributed by atoms with van der Waals surface area (Å²) in [4.78, 5) is 21.3. The maximum atomic E-state index is 10.6. The molecule has 1 aromatic carbocycles. The van der Waals surface area contributed by atoms with Crippen molar-refractivity contribution in [2.75, 3.05) is 14.1 Å². The topological polar surface area (TPSA) is 77.8 Å². The van der Waals surface area contributed by atoms with E-state index in [9.17, 15) is 9.59 Å². The molecule has 0 atom stereocenters. The molecule has 0 aliphatic carbocycles. The highest BCUT2D eigenvalue weighted by Crippen LogP contribution is 2.21. The van der Waals surface area contributed by atoms with Crippen LogP contribution in [0.5, 0.6) is 0 Å². The fourth-order valence-electron chi connectivity index (χ4n) is 1.10. The second-order valence-corrected chi connectivity index (χ2v) is 4.60. The van der Waals surface area contributed by atoms with Crippen LogP contribution in [0.1, 0.15) is 10.4 Å². The van der Waals surface area contributed by atoms with Gasteiger partial charge in [0.15, 0.2) is 0 Å². The molecule has 0 saturated heterocycles. The number of carboxylic acid groups (broad SMARTS) is 2. The molecule has 0 spiro atoms. The average Bonchev–Trinajstić information content (AvgIpc) is 2.76. The first kappa shape index (κ1) is 14.0. The van der Waals surface area contributed by atoms with Gasteiger partial charge in [0.05, 0.1) is 5.56 Å². The lowest BCUT2D eigenvalue weighted by molar-refractivity contribution is 0.0697. The summed E-state index contributed by atoms with van der Waals surface area (Å²) >= 11 is 1.61. The van der Waals surface area contributed by atoms with E-state index in [0.29, 0.717) is 5.56 Å². The fourth-order valence-corrected chi connectivity index (χ4v) is 1.87. The number of thiophene rings is 1. The van der Waals surface area contributed by atoms with Crippen molar-refractivity contribution in [3.8, 4) is 0 Å². The van der Waals surface area contributed by atoms with E-state index in [1.54, 1.807) is 23.5 Å². The molecule has 0 radical (unpaired) electrons. The van der Waals surface area contributed by atoms with E-state index in [-0.39, 0.29) is 0 Å². The van der Waals surface area contributed by atoms with Crippen LogP contribution in [-0.4, -0.2) is 41.3 Å². The van der Waals surface area contributed by atoms with Crippen molar-refractivity contribution in [3.05, 3.63) is 35.2 Å². The number of carbonyl (C=O) groups is 2. The Kier molecular flexibility index (Phi) is 4.67. The number of amides is 1. The SMILES string of the molecule is CN(C)C(=O)O.O=C(O)c1ccc2sccc2c1. The van der Waals surface area contributed by atoms with E-state index in [4.69, 9.17) is 10.2 Å². The molecular formula is C12H13NO4S. The van der Waals surface area contributed by atoms with Gasteiger partial charge < -0.3 is 15.1 Å². The highest BCUT2D eigenvalue weighted by Gasteiger charge is 2.02. The quantitative estimate of drug-likeness (QED) is 0.832. The van der Waals surface area contributed by atoms with Crippen molar-refractivity contribution >= 4 is 33.5 Å². The number of rotatable bonds is 1. The number of hydrogen-bond donors (Lipinski definition) is 2. The molecule has 2 N–H and O–H groups in total. The molecule has 2 aromatic rings. The monoisotopic (exact) mass is 267 g/mol. The summed E-state index contributed by atoms with van der Waals surface area (Å²) < 4.78 is 1.13. The Hall–Kier alpha value is -2.08. The lowest BCUT2D eigenvalue weighted by atomic mass is 10.2. The lowest BCUT2D eigenvalue weighted by Gasteiger charge is -1.99. The number of carboxylic acids is 1. The van der Waals surface area contributed by atoms with Crippen molar-refractivity contribution < 1.29 is 19.8 Å². The zero-order valence-corrected chi connectivity index (χ0v) is 10.8. The molecule has 1 aromatic heterocycles. The van der Waals surface area contributed by atoms with Crippen molar-refractivity contribution in [1.29, 1.82) is 0 Å². The molecule has 0 saturated carbocycles. The minimum atomic E-state index is -0.907. The third-order valence-electron chi connectivity index (χ3n) is 2.08. The average molecular weight is 267 g/mol. The fraction of sp³-hybridized carbons (Fsp3) is 0.167. The first-order chi connectivity index (χ1) is 8.41. The zero-order chi connectivity index (χ0) is 13.7. The normalized spacial score (nSPS) is 9.44. The maximum Gasteiger partial charge on any atom is 0.406 e. The van der Waals surface area contributed by atoms with Crippen LogP contribution in [0.25, 0.3) is 10.1 Å². The van der Waals surface area contributed by atoms with E-state index in [1.807, 2.05) is 17.5 Å². The Balaban J connectivity index is 0.000000232. The predicted molar refractivity (Wildman–Crippen MR) is 70.5 cm³/mol. The van der Waals surface area contributed by atoms with E-state index >= 15 is 0 Å². The van der Waals surface area contributed by atoms with Gasteiger partial charge >= 0.3 is 12.1 Å². The van der Waals surface area contributed by atoms with Gasteiger partial charge in [-0.2, -0.15) is 0 Å². The summed E-state index contributed by atoms with van der Waals surface area (Å²) in [6.45, 7) is 0. The van der Waals surface area contributed by atoms with Crippen molar-refractivity contribution in [2.45, 2.75) is 0 Å². The Bertz CT molecular complexity index is 562. The maximum absolute atomic E-state index is 10.6. The molecule has 5 nitrogen and oxygen atoms in total. The highest BCUT2D eigenvalue weighted by atomic mass is 32.1. The van der Waals surface area contributed by atoms with Gasteiger partial charge in [-0.1, -0.05) is 0 Å². The number of aromatic carboxylic acids is 1. The van der Waals surface area contributed by atoms with E-state index in [1.165, 1.54) is 14.1 Å². The summed E-state index contributed by atoms with van der Waals surface area (Å²) in [7, 11) is 2.95. The molecule has 6 heteroatoms. The summed E-state index contributed by atoms with van der Waals surface area (Å²) in [5, 5.41) is 19.6. The minimum absolute atomic E-state index is 0.348. The van der Waals surface area contributed by atoms with E-state index < -0.39 is 12.1 Å². The van der Waals surface area contributed by atoms with Crippen LogP contribution in [-0.2, 0) is 0 Å². The Morgan fingerprint density at radius 2 is 1.78 bits per heavy atom. The summed E-state index contributed by atoms with van der Waals surface area (Å²) in [5.41, 5.74) is 0.348. The van der Waals surface area contributed by atoms with Crippen LogP contribution in [0.2, 0.25) is 0 Å². The van der Waals surface area contributed by atoms with Gasteiger partial charge in [0, 0.05) is 18.8 Å². The highest BCUT2D eigenvalue weighted by molar-refractivity contribution is 7.17. The summed E-state index contributed by atoms with van der Waals surface area (Å²) in [6, 6.07) is 7.07. The van der Waals surface area contributed by atoms with Gasteiger partial charge in [-0.3, -0.25) is 0 Å². The summed E-state index contributed by atoms with van der Waals surface area (Å²) in [6.07, 6.45) is -0.907. The molecule has 96 valence electrons. The standard InChI is InChI=1S/C9H6O2S.C3H7NO2/c10-9(11)7-1-2-8-6(5-7)3-4-12-8;1-4(2)3(5)6/h1-5H,(H,10,11);1-2H3,(H,5,6). The summed E-state index contributed by atoms with van der Waals surface area (Å²) in [5.74, 6) is -0.872. The molecule has 0 aliphatic heterocycles. The molecule has 1 heterocycles. The van der Waals surface area contributed by atoms with Crippen LogP contribution in [0.4, 0.5) is 4.79 Å². The number of nitrogens with zero attached hydrogens (tertiary/aromatic N) is 1. The van der Waals surface area contributed by atoms with Crippen LogP contribution in [0, 0.1) is 0 Å². The minimum Gasteiger partial charge on any atom is -0.478 e. The molecule has 0 aliphatic rings. The largest absolute Gasteiger partial charge is 0.478 e. The molecule has 0 unspecified atom stereocenters. The van der Waals surface area contributed by atoms with Crippen molar-refractivity contribution in [3.63, 3.8) is 0 Å². The van der Waals surface area contributed by atoms with E-state index in [2.05, 4.69) is 0 Å². The predicted octanol–water partition coefficient (Wildman–Crippen LogP) is 2.83. The lowest BCUT2D eigenvalue weighted by Crippen LogP contribution is -2.18. The van der Waals surface area contributed by atoms with E-state index in [0.717, 1.165) is 15.0 Å². The smallest absolute Gasteiger partial charge is 0.406 e. The van der Waals surface area contributed by atoms with Gasteiger partial charge in [0.25, 0.3) is 0 Å². The first-order valence-electron chi connectivity index (χ1n) is 5.02. The number of hydrogen-bond acceptors (Lipinski definition) is 3. The third-order valence-corrected chi connectivity index (χ3v) is 2.98. The zero-order valence-electron chi connectivity index (χ0n) is 9.95. The molecule has 1 amide bonds. The Morgan fingerprint density at radius 3 is 2.28 bits per heavy atom. The van der Waals surface area contributed by atoms with Crippen molar-refractivity contribution in [1.82, 2.24) is 4.90 Å². The molecular weight excluding hydrogens is 254 g/mol.